The summed E-state index contributed by atoms with van der Waals surface area (Å²) in [6.45, 7) is 14.7. The summed E-state index contributed by atoms with van der Waals surface area (Å²) in [7, 11) is 0. The number of hydrogen-bond donors (Lipinski definition) is 2. The number of aliphatic hydroxyl groups excluding tert-OH is 2. The second kappa shape index (κ2) is 7.31. The Morgan fingerprint density at radius 1 is 1.00 bits per heavy atom. The lowest BCUT2D eigenvalue weighted by Crippen LogP contribution is -2.62. The fourth-order valence-corrected chi connectivity index (χ4v) is 11.1. The molecule has 11 atom stereocenters. The summed E-state index contributed by atoms with van der Waals surface area (Å²) in [5.74, 6) is 3.16. The van der Waals surface area contributed by atoms with Crippen LogP contribution in [-0.4, -0.2) is 41.4 Å². The standard InChI is InChI=1S/C29H46O4/c1-17(2)14-24(30)25(31)18(3)21-6-7-22-20-16-29(32-12-13-33-29)28-15-19(28)8-11-27(28,5)23(20)9-10-26(21,22)4/h18-25,30-31H,1,6-16H2,2-5H3/t18-,19+,20-,21+,22-,23-,24+,25+,26+,27+,28+/m0/s1. The third-order valence-corrected chi connectivity index (χ3v) is 12.5. The molecule has 4 nitrogen and oxygen atoms in total. The molecule has 0 amide bonds. The predicted molar refractivity (Wildman–Crippen MR) is 128 cm³/mol. The topological polar surface area (TPSA) is 58.9 Å². The third-order valence-electron chi connectivity index (χ3n) is 12.5. The van der Waals surface area contributed by atoms with E-state index in [9.17, 15) is 10.2 Å². The Morgan fingerprint density at radius 3 is 2.39 bits per heavy atom. The van der Waals surface area contributed by atoms with Gasteiger partial charge in [0.15, 0.2) is 5.79 Å². The first kappa shape index (κ1) is 23.0. The van der Waals surface area contributed by atoms with Crippen LogP contribution in [0.3, 0.4) is 0 Å². The van der Waals surface area contributed by atoms with Crippen LogP contribution in [0.15, 0.2) is 12.2 Å². The highest BCUT2D eigenvalue weighted by molar-refractivity contribution is 5.29. The molecule has 33 heavy (non-hydrogen) atoms. The van der Waals surface area contributed by atoms with Crippen molar-refractivity contribution in [3.8, 4) is 0 Å². The smallest absolute Gasteiger partial charge is 0.175 e. The minimum atomic E-state index is -0.709. The van der Waals surface area contributed by atoms with E-state index in [0.29, 0.717) is 29.6 Å². The molecular weight excluding hydrogens is 412 g/mol. The monoisotopic (exact) mass is 458 g/mol. The molecule has 1 saturated heterocycles. The van der Waals surface area contributed by atoms with Crippen LogP contribution >= 0.6 is 0 Å². The summed E-state index contributed by atoms with van der Waals surface area (Å²) in [6.07, 6.45) is 9.22. The van der Waals surface area contributed by atoms with Gasteiger partial charge in [0, 0.05) is 11.8 Å². The third kappa shape index (κ3) is 2.79. The normalized spacial score (nSPS) is 51.9. The van der Waals surface area contributed by atoms with Gasteiger partial charge in [0.05, 0.1) is 25.4 Å². The van der Waals surface area contributed by atoms with Crippen molar-refractivity contribution in [3.05, 3.63) is 12.2 Å². The van der Waals surface area contributed by atoms with Crippen LogP contribution < -0.4 is 0 Å². The summed E-state index contributed by atoms with van der Waals surface area (Å²) in [4.78, 5) is 0. The van der Waals surface area contributed by atoms with Gasteiger partial charge in [-0.15, -0.1) is 6.58 Å². The van der Waals surface area contributed by atoms with E-state index in [1.165, 1.54) is 44.9 Å². The van der Waals surface area contributed by atoms with Gasteiger partial charge in [-0.1, -0.05) is 26.3 Å². The predicted octanol–water partition coefficient (Wildman–Crippen LogP) is 5.32. The molecule has 1 heterocycles. The number of fused-ring (bicyclic) bond motifs is 4. The van der Waals surface area contributed by atoms with Crippen molar-refractivity contribution in [2.75, 3.05) is 13.2 Å². The number of aliphatic hydroxyl groups is 2. The van der Waals surface area contributed by atoms with E-state index in [0.717, 1.165) is 37.0 Å². The van der Waals surface area contributed by atoms with Gasteiger partial charge in [0.1, 0.15) is 0 Å². The lowest BCUT2D eigenvalue weighted by atomic mass is 9.44. The Kier molecular flexibility index (Phi) is 5.09. The summed E-state index contributed by atoms with van der Waals surface area (Å²) in [5.41, 5.74) is 1.80. The number of rotatable bonds is 5. The molecular formula is C29H46O4. The summed E-state index contributed by atoms with van der Waals surface area (Å²) in [6, 6.07) is 0. The molecule has 1 aliphatic heterocycles. The number of hydrogen-bond acceptors (Lipinski definition) is 4. The van der Waals surface area contributed by atoms with Crippen LogP contribution in [0.5, 0.6) is 0 Å². The molecule has 5 aliphatic carbocycles. The zero-order valence-corrected chi connectivity index (χ0v) is 21.3. The maximum atomic E-state index is 11.1. The second-order valence-corrected chi connectivity index (χ2v) is 13.7. The van der Waals surface area contributed by atoms with Gasteiger partial charge in [0.2, 0.25) is 0 Å². The zero-order chi connectivity index (χ0) is 23.4. The fourth-order valence-electron chi connectivity index (χ4n) is 11.1. The minimum Gasteiger partial charge on any atom is -0.390 e. The maximum Gasteiger partial charge on any atom is 0.175 e. The minimum absolute atomic E-state index is 0.101. The van der Waals surface area contributed by atoms with Gasteiger partial charge in [-0.2, -0.15) is 0 Å². The maximum absolute atomic E-state index is 11.1. The van der Waals surface area contributed by atoms with E-state index in [-0.39, 0.29) is 22.5 Å². The molecule has 6 rings (SSSR count). The van der Waals surface area contributed by atoms with Crippen LogP contribution in [0.2, 0.25) is 0 Å². The quantitative estimate of drug-likeness (QED) is 0.547. The Bertz CT molecular complexity index is 818. The zero-order valence-electron chi connectivity index (χ0n) is 21.3. The Labute approximate surface area is 200 Å². The van der Waals surface area contributed by atoms with Crippen LogP contribution in [0.4, 0.5) is 0 Å². The second-order valence-electron chi connectivity index (χ2n) is 13.7. The van der Waals surface area contributed by atoms with Gasteiger partial charge in [-0.05, 0) is 105 Å². The first-order chi connectivity index (χ1) is 15.6. The van der Waals surface area contributed by atoms with Crippen molar-refractivity contribution in [2.45, 2.75) is 103 Å². The van der Waals surface area contributed by atoms with Crippen molar-refractivity contribution < 1.29 is 19.7 Å². The van der Waals surface area contributed by atoms with E-state index >= 15 is 0 Å². The summed E-state index contributed by atoms with van der Waals surface area (Å²) >= 11 is 0. The molecule has 2 N–H and O–H groups in total. The highest BCUT2D eigenvalue weighted by atomic mass is 16.7. The Morgan fingerprint density at radius 2 is 1.73 bits per heavy atom. The van der Waals surface area contributed by atoms with E-state index in [4.69, 9.17) is 9.47 Å². The van der Waals surface area contributed by atoms with Crippen LogP contribution in [0.25, 0.3) is 0 Å². The van der Waals surface area contributed by atoms with Crippen molar-refractivity contribution in [1.82, 2.24) is 0 Å². The molecule has 2 spiro atoms. The number of ether oxygens (including phenoxy) is 2. The van der Waals surface area contributed by atoms with Crippen molar-refractivity contribution in [3.63, 3.8) is 0 Å². The SMILES string of the molecule is C=C(C)C[C@@H](O)[C@H](O)[C@@H](C)[C@H]1CC[C@H]2[C@@H]3CC4(OCCO4)[C@]45C[C@H]4CC[C@]5(C)[C@H]3CC[C@]12C. The molecule has 0 aromatic rings. The highest BCUT2D eigenvalue weighted by Gasteiger charge is 2.83. The van der Waals surface area contributed by atoms with Crippen LogP contribution in [0, 0.1) is 51.8 Å². The molecule has 0 aromatic carbocycles. The van der Waals surface area contributed by atoms with Crippen LogP contribution in [0.1, 0.15) is 85.5 Å². The van der Waals surface area contributed by atoms with Gasteiger partial charge in [-0.25, -0.2) is 0 Å². The van der Waals surface area contributed by atoms with E-state index in [1.54, 1.807) is 0 Å². The highest BCUT2D eigenvalue weighted by Crippen LogP contribution is 2.85. The van der Waals surface area contributed by atoms with E-state index in [2.05, 4.69) is 27.4 Å². The molecule has 4 heteroatoms. The lowest BCUT2D eigenvalue weighted by molar-refractivity contribution is -0.294. The lowest BCUT2D eigenvalue weighted by Gasteiger charge is -2.63. The molecule has 5 saturated carbocycles. The first-order valence-corrected chi connectivity index (χ1v) is 13.9. The molecule has 0 bridgehead atoms. The van der Waals surface area contributed by atoms with Crippen molar-refractivity contribution >= 4 is 0 Å². The van der Waals surface area contributed by atoms with Gasteiger partial charge < -0.3 is 19.7 Å². The molecule has 0 aromatic heterocycles. The van der Waals surface area contributed by atoms with Gasteiger partial charge in [0.25, 0.3) is 0 Å². The molecule has 6 fully saturated rings. The van der Waals surface area contributed by atoms with Gasteiger partial charge in [-0.3, -0.25) is 0 Å². The summed E-state index contributed by atoms with van der Waals surface area (Å²) in [5, 5.41) is 21.7. The van der Waals surface area contributed by atoms with Crippen LogP contribution in [-0.2, 0) is 9.47 Å². The largest absolute Gasteiger partial charge is 0.390 e. The average molecular weight is 459 g/mol. The molecule has 0 radical (unpaired) electrons. The van der Waals surface area contributed by atoms with Crippen molar-refractivity contribution in [1.29, 1.82) is 0 Å². The average Bonchev–Trinajstić information content (AvgIpc) is 3.03. The van der Waals surface area contributed by atoms with E-state index < -0.39 is 12.2 Å². The Balaban J connectivity index is 1.29. The fraction of sp³-hybridized carbons (Fsp3) is 0.931. The molecule has 186 valence electrons. The van der Waals surface area contributed by atoms with E-state index in [1.807, 2.05) is 6.92 Å². The molecule has 0 unspecified atom stereocenters. The first-order valence-electron chi connectivity index (χ1n) is 13.9. The molecule has 6 aliphatic rings. The van der Waals surface area contributed by atoms with Gasteiger partial charge >= 0.3 is 0 Å². The van der Waals surface area contributed by atoms with Crippen molar-refractivity contribution in [2.24, 2.45) is 51.8 Å². The summed E-state index contributed by atoms with van der Waals surface area (Å²) < 4.78 is 13.2. The Hall–Kier alpha value is -0.420.